The van der Waals surface area contributed by atoms with Crippen LogP contribution in [-0.2, 0) is 14.6 Å². The zero-order valence-corrected chi connectivity index (χ0v) is 20.4. The predicted molar refractivity (Wildman–Crippen MR) is 129 cm³/mol. The molecule has 0 bridgehead atoms. The number of carbonyl (C=O) groups excluding carboxylic acids is 1. The molecule has 0 saturated carbocycles. The molecule has 8 heteroatoms. The van der Waals surface area contributed by atoms with Gasteiger partial charge in [-0.3, -0.25) is 9.69 Å². The van der Waals surface area contributed by atoms with Gasteiger partial charge in [0.05, 0.1) is 33.0 Å². The largest absolute Gasteiger partial charge is 0.376 e. The number of fused-ring (bicyclic) bond motifs is 1. The highest BCUT2D eigenvalue weighted by Gasteiger charge is 2.28. The summed E-state index contributed by atoms with van der Waals surface area (Å²) in [5, 5.41) is 0.117. The van der Waals surface area contributed by atoms with Crippen molar-refractivity contribution in [2.45, 2.75) is 56.8 Å². The first kappa shape index (κ1) is 22.9. The minimum absolute atomic E-state index is 0.0336. The van der Waals surface area contributed by atoms with Crippen molar-refractivity contribution >= 4 is 42.4 Å². The van der Waals surface area contributed by atoms with Crippen LogP contribution >= 0.6 is 11.3 Å². The summed E-state index contributed by atoms with van der Waals surface area (Å²) in [5.74, 6) is -0.205. The second kappa shape index (κ2) is 8.92. The Hall–Kier alpha value is -2.29. The van der Waals surface area contributed by atoms with Gasteiger partial charge in [0, 0.05) is 12.2 Å². The van der Waals surface area contributed by atoms with Gasteiger partial charge in [-0.25, -0.2) is 13.4 Å². The van der Waals surface area contributed by atoms with Crippen molar-refractivity contribution in [1.29, 1.82) is 0 Å². The normalized spacial score (nSPS) is 16.7. The van der Waals surface area contributed by atoms with Crippen LogP contribution in [0.25, 0.3) is 10.2 Å². The van der Waals surface area contributed by atoms with Crippen LogP contribution in [0.15, 0.2) is 41.3 Å². The molecular formula is C24H28N2O4S2. The molecule has 2 aromatic carbocycles. The zero-order chi connectivity index (χ0) is 23.0. The first-order valence-electron chi connectivity index (χ1n) is 10.8. The Bertz CT molecular complexity index is 1200. The third-order valence-electron chi connectivity index (χ3n) is 5.87. The Morgan fingerprint density at radius 1 is 1.16 bits per heavy atom. The van der Waals surface area contributed by atoms with Gasteiger partial charge in [0.1, 0.15) is 0 Å². The molecule has 0 N–H and O–H groups in total. The molecule has 1 amide bonds. The molecule has 3 aromatic rings. The minimum Gasteiger partial charge on any atom is -0.376 e. The number of sulfone groups is 1. The zero-order valence-electron chi connectivity index (χ0n) is 18.8. The van der Waals surface area contributed by atoms with Crippen molar-refractivity contribution in [3.63, 3.8) is 0 Å². The van der Waals surface area contributed by atoms with Crippen molar-refractivity contribution in [3.8, 4) is 0 Å². The molecule has 2 heterocycles. The third kappa shape index (κ3) is 4.31. The van der Waals surface area contributed by atoms with Gasteiger partial charge in [-0.1, -0.05) is 23.5 Å². The van der Waals surface area contributed by atoms with Crippen LogP contribution < -0.4 is 4.90 Å². The number of carbonyl (C=O) groups is 1. The van der Waals surface area contributed by atoms with Crippen molar-refractivity contribution in [2.24, 2.45) is 0 Å². The lowest BCUT2D eigenvalue weighted by molar-refractivity contribution is 0.0917. The Balaban J connectivity index is 1.71. The molecule has 1 aromatic heterocycles. The van der Waals surface area contributed by atoms with Gasteiger partial charge < -0.3 is 4.74 Å². The maximum atomic E-state index is 13.6. The molecule has 0 spiro atoms. The number of nitrogens with zero attached hydrogens (tertiary/aromatic N) is 2. The number of aromatic nitrogens is 1. The topological polar surface area (TPSA) is 76.6 Å². The molecule has 4 rings (SSSR count). The fourth-order valence-corrected chi connectivity index (χ4v) is 6.00. The van der Waals surface area contributed by atoms with Crippen LogP contribution in [0.1, 0.15) is 48.2 Å². The van der Waals surface area contributed by atoms with E-state index in [2.05, 4.69) is 6.07 Å². The molecule has 6 nitrogen and oxygen atoms in total. The van der Waals surface area contributed by atoms with Gasteiger partial charge in [-0.05, 0) is 75.9 Å². The second-order valence-corrected chi connectivity index (χ2v) is 12.0. The van der Waals surface area contributed by atoms with E-state index in [1.54, 1.807) is 30.9 Å². The second-order valence-electron chi connectivity index (χ2n) is 8.54. The quantitative estimate of drug-likeness (QED) is 0.509. The maximum Gasteiger partial charge on any atom is 0.260 e. The summed E-state index contributed by atoms with van der Waals surface area (Å²) in [6.45, 7) is 8.48. The number of hydrogen-bond donors (Lipinski definition) is 0. The summed E-state index contributed by atoms with van der Waals surface area (Å²) >= 11 is 1.51. The van der Waals surface area contributed by atoms with E-state index in [1.807, 2.05) is 19.9 Å². The summed E-state index contributed by atoms with van der Waals surface area (Å²) in [4.78, 5) is 20.3. The van der Waals surface area contributed by atoms with E-state index in [0.717, 1.165) is 34.2 Å². The van der Waals surface area contributed by atoms with Crippen molar-refractivity contribution in [1.82, 2.24) is 4.98 Å². The van der Waals surface area contributed by atoms with Crippen LogP contribution in [-0.4, -0.2) is 43.8 Å². The van der Waals surface area contributed by atoms with E-state index < -0.39 is 15.1 Å². The Kier molecular flexibility index (Phi) is 6.38. The van der Waals surface area contributed by atoms with E-state index in [4.69, 9.17) is 9.72 Å². The number of benzene rings is 2. The average Bonchev–Trinajstić information content (AvgIpc) is 3.45. The highest BCUT2D eigenvalue weighted by Crippen LogP contribution is 2.34. The summed E-state index contributed by atoms with van der Waals surface area (Å²) in [6, 6.07) is 10.3. The van der Waals surface area contributed by atoms with E-state index in [-0.39, 0.29) is 16.9 Å². The predicted octanol–water partition coefficient (Wildman–Crippen LogP) is 4.92. The van der Waals surface area contributed by atoms with E-state index in [9.17, 15) is 13.2 Å². The molecular weight excluding hydrogens is 444 g/mol. The van der Waals surface area contributed by atoms with Crippen LogP contribution in [0, 0.1) is 13.8 Å². The van der Waals surface area contributed by atoms with Crippen LogP contribution in [0.5, 0.6) is 0 Å². The molecule has 1 atom stereocenters. The molecule has 1 aliphatic heterocycles. The summed E-state index contributed by atoms with van der Waals surface area (Å²) < 4.78 is 31.8. The molecule has 32 heavy (non-hydrogen) atoms. The smallest absolute Gasteiger partial charge is 0.260 e. The lowest BCUT2D eigenvalue weighted by Crippen LogP contribution is -2.37. The maximum absolute atomic E-state index is 13.6. The highest BCUT2D eigenvalue weighted by molar-refractivity contribution is 7.92. The van der Waals surface area contributed by atoms with Crippen molar-refractivity contribution < 1.29 is 17.9 Å². The lowest BCUT2D eigenvalue weighted by atomic mass is 10.1. The number of hydrogen-bond acceptors (Lipinski definition) is 6. The molecule has 0 radical (unpaired) electrons. The standard InChI is InChI=1S/C24H28N2O4S2/c1-15(2)32(28,29)20-11-9-18(10-12-20)23(27)26(14-19-6-5-13-30-19)24-25-21-16(3)7-8-17(4)22(21)31-24/h7-12,15,19H,5-6,13-14H2,1-4H3. The number of thiazole rings is 1. The SMILES string of the molecule is Cc1ccc(C)c2sc(N(CC3CCCO3)C(=O)c3ccc(S(=O)(=O)C(C)C)cc3)nc12. The van der Waals surface area contributed by atoms with Gasteiger partial charge in [0.2, 0.25) is 0 Å². The number of ether oxygens (including phenoxy) is 1. The molecule has 1 fully saturated rings. The van der Waals surface area contributed by atoms with Crippen molar-refractivity contribution in [2.75, 3.05) is 18.1 Å². The average molecular weight is 473 g/mol. The van der Waals surface area contributed by atoms with E-state index in [1.165, 1.54) is 23.5 Å². The summed E-state index contributed by atoms with van der Waals surface area (Å²) in [6.07, 6.45) is 1.85. The summed E-state index contributed by atoms with van der Waals surface area (Å²) in [5.41, 5.74) is 3.54. The number of rotatable bonds is 6. The van der Waals surface area contributed by atoms with Crippen LogP contribution in [0.3, 0.4) is 0 Å². The molecule has 1 unspecified atom stereocenters. The monoisotopic (exact) mass is 472 g/mol. The Labute approximate surface area is 193 Å². The van der Waals surface area contributed by atoms with Gasteiger partial charge >= 0.3 is 0 Å². The molecule has 0 aliphatic carbocycles. The van der Waals surface area contributed by atoms with Gasteiger partial charge in [0.15, 0.2) is 15.0 Å². The fraction of sp³-hybridized carbons (Fsp3) is 0.417. The summed E-state index contributed by atoms with van der Waals surface area (Å²) in [7, 11) is -3.39. The van der Waals surface area contributed by atoms with Gasteiger partial charge in [0.25, 0.3) is 5.91 Å². The molecule has 170 valence electrons. The Morgan fingerprint density at radius 3 is 2.44 bits per heavy atom. The van der Waals surface area contributed by atoms with E-state index in [0.29, 0.717) is 23.8 Å². The van der Waals surface area contributed by atoms with Gasteiger partial charge in [-0.2, -0.15) is 0 Å². The van der Waals surface area contributed by atoms with Crippen molar-refractivity contribution in [3.05, 3.63) is 53.1 Å². The van der Waals surface area contributed by atoms with Gasteiger partial charge in [-0.15, -0.1) is 0 Å². The third-order valence-corrected chi connectivity index (χ3v) is 9.25. The highest BCUT2D eigenvalue weighted by atomic mass is 32.2. The van der Waals surface area contributed by atoms with Crippen LogP contribution in [0.4, 0.5) is 5.13 Å². The number of amides is 1. The minimum atomic E-state index is -3.39. The number of anilines is 1. The molecule has 1 aliphatic rings. The first-order chi connectivity index (χ1) is 15.2. The van der Waals surface area contributed by atoms with Crippen LogP contribution in [0.2, 0.25) is 0 Å². The number of aryl methyl sites for hydroxylation is 2. The Morgan fingerprint density at radius 2 is 1.84 bits per heavy atom. The van der Waals surface area contributed by atoms with E-state index >= 15 is 0 Å². The fourth-order valence-electron chi connectivity index (χ4n) is 3.82. The lowest BCUT2D eigenvalue weighted by Gasteiger charge is -2.23. The molecule has 1 saturated heterocycles. The first-order valence-corrected chi connectivity index (χ1v) is 13.2.